The van der Waals surface area contributed by atoms with Crippen LogP contribution in [0.15, 0.2) is 24.3 Å². The molecular weight excluding hydrogens is 329 g/mol. The van der Waals surface area contributed by atoms with E-state index < -0.39 is 32.0 Å². The van der Waals surface area contributed by atoms with E-state index in [1.807, 2.05) is 0 Å². The molecule has 21 heavy (non-hydrogen) atoms. The molecule has 0 saturated heterocycles. The van der Waals surface area contributed by atoms with Crippen molar-refractivity contribution in [2.24, 2.45) is 0 Å². The number of hydrogen-bond acceptors (Lipinski definition) is 6. The first-order valence-corrected chi connectivity index (χ1v) is 9.11. The van der Waals surface area contributed by atoms with Crippen molar-refractivity contribution in [3.63, 3.8) is 0 Å². The minimum Gasteiger partial charge on any atom is -0.546 e. The smallest absolute Gasteiger partial charge is 0.546 e. The third kappa shape index (κ3) is 7.82. The molecule has 0 fully saturated rings. The van der Waals surface area contributed by atoms with Crippen LogP contribution < -0.4 is 33.7 Å². The monoisotopic (exact) mass is 343 g/mol. The molecule has 0 aromatic heterocycles. The van der Waals surface area contributed by atoms with Gasteiger partial charge in [0.1, 0.15) is 5.75 Å². The van der Waals surface area contributed by atoms with Gasteiger partial charge in [-0.1, -0.05) is 19.1 Å². The molecule has 7 nitrogen and oxygen atoms in total. The van der Waals surface area contributed by atoms with Gasteiger partial charge in [-0.2, -0.15) is 8.42 Å². The predicted molar refractivity (Wildman–Crippen MR) is 73.5 cm³/mol. The van der Waals surface area contributed by atoms with Crippen LogP contribution in [0, 0.1) is 0 Å². The summed E-state index contributed by atoms with van der Waals surface area (Å²) < 4.78 is 51.4. The molecule has 0 bridgehead atoms. The van der Waals surface area contributed by atoms with E-state index in [0.717, 1.165) is 12.5 Å². The molecule has 10 heteroatoms. The largest absolute Gasteiger partial charge is 1.00 e. The topological polar surface area (TPSA) is 109 Å². The summed E-state index contributed by atoms with van der Waals surface area (Å²) in [6.07, 6.45) is 1.75. The molecule has 1 rings (SSSR count). The average Bonchev–Trinajstić information content (AvgIpc) is 2.24. The molecule has 1 aromatic carbocycles. The zero-order valence-corrected chi connectivity index (χ0v) is 15.7. The van der Waals surface area contributed by atoms with Gasteiger partial charge in [-0.15, -0.1) is 0 Å². The average molecular weight is 343 g/mol. The Morgan fingerprint density at radius 3 is 1.95 bits per heavy atom. The Bertz CT molecular complexity index is 697. The van der Waals surface area contributed by atoms with Crippen molar-refractivity contribution in [3.8, 4) is 5.75 Å². The predicted octanol–water partition coefficient (Wildman–Crippen LogP) is -2.01. The third-order valence-electron chi connectivity index (χ3n) is 2.25. The Morgan fingerprint density at radius 1 is 1.10 bits per heavy atom. The van der Waals surface area contributed by atoms with E-state index in [1.54, 1.807) is 0 Å². The zero-order chi connectivity index (χ0) is 15.6. The molecule has 0 aliphatic rings. The first kappa shape index (κ1) is 20.4. The van der Waals surface area contributed by atoms with Crippen LogP contribution in [0.5, 0.6) is 5.75 Å². The number of rotatable bonds is 5. The SMILES string of the molecule is C[C@@H](C(=O)[N-]S(C)(=O)=O)c1ccc(OS(C)(=O)=O)cc1.[Na+]. The summed E-state index contributed by atoms with van der Waals surface area (Å²) in [5.74, 6) is -1.43. The van der Waals surface area contributed by atoms with Gasteiger partial charge < -0.3 is 13.7 Å². The second-order valence-electron chi connectivity index (χ2n) is 4.24. The second-order valence-corrected chi connectivity index (χ2v) is 7.46. The van der Waals surface area contributed by atoms with Crippen LogP contribution >= 0.6 is 0 Å². The van der Waals surface area contributed by atoms with Gasteiger partial charge >= 0.3 is 39.7 Å². The molecule has 0 aliphatic carbocycles. The van der Waals surface area contributed by atoms with Gasteiger partial charge in [-0.05, 0) is 17.7 Å². The van der Waals surface area contributed by atoms with E-state index >= 15 is 0 Å². The van der Waals surface area contributed by atoms with Crippen molar-refractivity contribution in [3.05, 3.63) is 34.6 Å². The van der Waals surface area contributed by atoms with Crippen molar-refractivity contribution in [1.29, 1.82) is 0 Å². The van der Waals surface area contributed by atoms with E-state index in [0.29, 0.717) is 5.56 Å². The summed E-state index contributed by atoms with van der Waals surface area (Å²) >= 11 is 0. The number of carbonyl (C=O) groups is 1. The maximum absolute atomic E-state index is 11.6. The Labute approximate surface area is 146 Å². The van der Waals surface area contributed by atoms with Crippen LogP contribution in [-0.2, 0) is 24.9 Å². The number of sulfonamides is 1. The quantitative estimate of drug-likeness (QED) is 0.452. The number of amides is 1. The molecule has 1 amide bonds. The number of benzene rings is 1. The summed E-state index contributed by atoms with van der Waals surface area (Å²) in [5.41, 5.74) is 0.503. The fourth-order valence-electron chi connectivity index (χ4n) is 1.37. The van der Waals surface area contributed by atoms with Crippen molar-refractivity contribution in [2.75, 3.05) is 12.5 Å². The van der Waals surface area contributed by atoms with Crippen molar-refractivity contribution in [1.82, 2.24) is 0 Å². The molecule has 0 spiro atoms. The minimum absolute atomic E-state index is 0. The summed E-state index contributed by atoms with van der Waals surface area (Å²) in [6, 6.07) is 5.70. The second kappa shape index (κ2) is 7.59. The van der Waals surface area contributed by atoms with Crippen LogP contribution in [0.4, 0.5) is 0 Å². The third-order valence-corrected chi connectivity index (χ3v) is 3.26. The fraction of sp³-hybridized carbons (Fsp3) is 0.364. The van der Waals surface area contributed by atoms with E-state index in [4.69, 9.17) is 0 Å². The van der Waals surface area contributed by atoms with Crippen LogP contribution in [0.25, 0.3) is 4.72 Å². The van der Waals surface area contributed by atoms with Crippen LogP contribution in [0.2, 0.25) is 0 Å². The molecule has 0 saturated carbocycles. The molecule has 0 aliphatic heterocycles. The first-order valence-electron chi connectivity index (χ1n) is 5.44. The van der Waals surface area contributed by atoms with Gasteiger partial charge in [0, 0.05) is 12.2 Å². The number of hydrogen-bond donors (Lipinski definition) is 0. The van der Waals surface area contributed by atoms with Crippen LogP contribution in [0.1, 0.15) is 18.4 Å². The molecule has 0 heterocycles. The van der Waals surface area contributed by atoms with E-state index in [1.165, 1.54) is 31.2 Å². The Morgan fingerprint density at radius 2 is 1.57 bits per heavy atom. The Kier molecular flexibility index (Phi) is 7.37. The molecule has 0 radical (unpaired) electrons. The number of nitrogens with zero attached hydrogens (tertiary/aromatic N) is 1. The zero-order valence-electron chi connectivity index (χ0n) is 12.1. The number of carbonyl (C=O) groups excluding carboxylic acids is 1. The van der Waals surface area contributed by atoms with Crippen LogP contribution in [0.3, 0.4) is 0 Å². The minimum atomic E-state index is -3.74. The summed E-state index contributed by atoms with van der Waals surface area (Å²) in [5, 5.41) is 0. The van der Waals surface area contributed by atoms with Crippen molar-refractivity contribution >= 4 is 26.0 Å². The fourth-order valence-corrected chi connectivity index (χ4v) is 2.32. The van der Waals surface area contributed by atoms with E-state index in [-0.39, 0.29) is 35.3 Å². The van der Waals surface area contributed by atoms with Gasteiger partial charge in [0.15, 0.2) is 0 Å². The molecular formula is C11H14NNaO6S2. The van der Waals surface area contributed by atoms with Gasteiger partial charge in [0.05, 0.1) is 22.2 Å². The van der Waals surface area contributed by atoms with Crippen LogP contribution in [-0.4, -0.2) is 35.3 Å². The normalized spacial score (nSPS) is 12.9. The van der Waals surface area contributed by atoms with Crippen molar-refractivity contribution in [2.45, 2.75) is 12.8 Å². The van der Waals surface area contributed by atoms with Gasteiger partial charge in [0.2, 0.25) is 0 Å². The maximum atomic E-state index is 11.6. The summed E-state index contributed by atoms with van der Waals surface area (Å²) in [7, 11) is -7.35. The first-order chi connectivity index (χ1) is 8.98. The standard InChI is InChI=1S/C11H15NO6S2.Na/c1-8(11(13)12-19(2,14)15)9-4-6-10(7-5-9)18-20(3,16)17;/h4-8H,1-3H3,(H,12,13);/q;+1/p-1/t8-;/m1./s1. The molecule has 1 aromatic rings. The van der Waals surface area contributed by atoms with Crippen molar-refractivity contribution < 1.29 is 55.4 Å². The summed E-state index contributed by atoms with van der Waals surface area (Å²) in [6.45, 7) is 1.50. The van der Waals surface area contributed by atoms with E-state index in [9.17, 15) is 21.6 Å². The molecule has 0 unspecified atom stereocenters. The van der Waals surface area contributed by atoms with E-state index in [2.05, 4.69) is 8.91 Å². The molecule has 0 N–H and O–H groups in total. The van der Waals surface area contributed by atoms with Gasteiger partial charge in [-0.3, -0.25) is 0 Å². The molecule has 112 valence electrons. The van der Waals surface area contributed by atoms with Gasteiger partial charge in [0.25, 0.3) is 0 Å². The Hall–Kier alpha value is -0.610. The Balaban J connectivity index is 0.00000400. The molecule has 1 atom stereocenters. The van der Waals surface area contributed by atoms with Gasteiger partial charge in [-0.25, -0.2) is 8.42 Å². The summed E-state index contributed by atoms with van der Waals surface area (Å²) in [4.78, 5) is 11.6. The maximum Gasteiger partial charge on any atom is 1.00 e.